The number of amides is 1. The van der Waals surface area contributed by atoms with Crippen molar-refractivity contribution in [1.29, 1.82) is 0 Å². The van der Waals surface area contributed by atoms with Crippen LogP contribution in [0.2, 0.25) is 0 Å². The highest BCUT2D eigenvalue weighted by atomic mass is 16.5. The minimum Gasteiger partial charge on any atom is -0.497 e. The third kappa shape index (κ3) is 3.08. The summed E-state index contributed by atoms with van der Waals surface area (Å²) in [6, 6.07) is 12.4. The molecule has 5 nitrogen and oxygen atoms in total. The maximum absolute atomic E-state index is 12.3. The van der Waals surface area contributed by atoms with Crippen molar-refractivity contribution in [3.63, 3.8) is 0 Å². The monoisotopic (exact) mass is 308 g/mol. The summed E-state index contributed by atoms with van der Waals surface area (Å²) in [4.78, 5) is 24.4. The van der Waals surface area contributed by atoms with Crippen LogP contribution in [0.5, 0.6) is 5.75 Å². The molecular weight excluding hydrogens is 292 g/mol. The molecule has 5 heteroatoms. The van der Waals surface area contributed by atoms with Crippen LogP contribution >= 0.6 is 0 Å². The van der Waals surface area contributed by atoms with Gasteiger partial charge in [0.05, 0.1) is 18.5 Å². The fourth-order valence-electron chi connectivity index (χ4n) is 2.33. The van der Waals surface area contributed by atoms with Gasteiger partial charge in [-0.3, -0.25) is 9.59 Å². The number of nitrogens with one attached hydrogen (secondary N) is 2. The van der Waals surface area contributed by atoms with Crippen molar-refractivity contribution in [2.24, 2.45) is 0 Å². The van der Waals surface area contributed by atoms with E-state index in [1.807, 2.05) is 25.1 Å². The molecule has 1 heterocycles. The molecule has 0 fully saturated rings. The third-order valence-corrected chi connectivity index (χ3v) is 3.59. The van der Waals surface area contributed by atoms with E-state index in [1.54, 1.807) is 31.4 Å². The molecule has 116 valence electrons. The van der Waals surface area contributed by atoms with Crippen molar-refractivity contribution in [2.75, 3.05) is 17.7 Å². The van der Waals surface area contributed by atoms with Gasteiger partial charge in [-0.15, -0.1) is 0 Å². The van der Waals surface area contributed by atoms with Gasteiger partial charge in [-0.05, 0) is 48.9 Å². The molecular formula is C18H16N2O3. The number of methoxy groups -OCH3 is 1. The number of carbonyl (C=O) groups is 2. The van der Waals surface area contributed by atoms with Crippen molar-refractivity contribution in [3.8, 4) is 5.75 Å². The first kappa shape index (κ1) is 14.8. The second kappa shape index (κ2) is 5.96. The topological polar surface area (TPSA) is 67.4 Å². The van der Waals surface area contributed by atoms with Crippen molar-refractivity contribution in [2.45, 2.75) is 6.92 Å². The number of allylic oxidation sites excluding steroid dienone is 1. The number of ketones is 1. The molecule has 0 unspecified atom stereocenters. The number of benzene rings is 2. The van der Waals surface area contributed by atoms with Crippen LogP contribution in [0.25, 0.3) is 0 Å². The highest BCUT2D eigenvalue weighted by Crippen LogP contribution is 2.28. The van der Waals surface area contributed by atoms with Gasteiger partial charge in [0.1, 0.15) is 11.4 Å². The summed E-state index contributed by atoms with van der Waals surface area (Å²) in [7, 11) is 1.56. The van der Waals surface area contributed by atoms with E-state index in [0.717, 1.165) is 11.3 Å². The van der Waals surface area contributed by atoms with Crippen LogP contribution in [-0.2, 0) is 4.79 Å². The van der Waals surface area contributed by atoms with E-state index in [0.29, 0.717) is 17.0 Å². The second-order valence-electron chi connectivity index (χ2n) is 5.28. The Morgan fingerprint density at radius 2 is 1.78 bits per heavy atom. The molecule has 0 spiro atoms. The minimum atomic E-state index is -0.329. The summed E-state index contributed by atoms with van der Waals surface area (Å²) in [5.74, 6) is 0.0952. The van der Waals surface area contributed by atoms with E-state index in [1.165, 1.54) is 6.08 Å². The van der Waals surface area contributed by atoms with Crippen LogP contribution in [-0.4, -0.2) is 18.8 Å². The molecule has 0 aromatic heterocycles. The molecule has 0 bridgehead atoms. The summed E-state index contributed by atoms with van der Waals surface area (Å²) in [5, 5.41) is 5.78. The molecule has 2 aromatic rings. The maximum atomic E-state index is 12.3. The SMILES string of the molecule is COc1ccc(C(=O)/C=C2\Nc3ccc(C)cc3NC2=O)cc1. The van der Waals surface area contributed by atoms with Crippen molar-refractivity contribution in [1.82, 2.24) is 0 Å². The number of rotatable bonds is 3. The first-order chi connectivity index (χ1) is 11.1. The molecule has 3 rings (SSSR count). The second-order valence-corrected chi connectivity index (χ2v) is 5.28. The van der Waals surface area contributed by atoms with Gasteiger partial charge in [0.15, 0.2) is 5.78 Å². The van der Waals surface area contributed by atoms with Gasteiger partial charge in [-0.25, -0.2) is 0 Å². The van der Waals surface area contributed by atoms with E-state index >= 15 is 0 Å². The van der Waals surface area contributed by atoms with Crippen molar-refractivity contribution in [3.05, 3.63) is 65.4 Å². The number of ether oxygens (including phenoxy) is 1. The Hall–Kier alpha value is -3.08. The number of hydrogen-bond donors (Lipinski definition) is 2. The van der Waals surface area contributed by atoms with Crippen molar-refractivity contribution < 1.29 is 14.3 Å². The first-order valence-electron chi connectivity index (χ1n) is 7.16. The standard InChI is InChI=1S/C18H16N2O3/c1-11-3-8-14-15(9-11)20-18(22)16(19-14)10-17(21)12-4-6-13(23-2)7-5-12/h3-10,19H,1-2H3,(H,20,22)/b16-10-. The largest absolute Gasteiger partial charge is 0.497 e. The number of fused-ring (bicyclic) bond motifs is 1. The first-order valence-corrected chi connectivity index (χ1v) is 7.16. The van der Waals surface area contributed by atoms with Gasteiger partial charge >= 0.3 is 0 Å². The Balaban J connectivity index is 1.85. The van der Waals surface area contributed by atoms with Crippen molar-refractivity contribution >= 4 is 23.1 Å². The van der Waals surface area contributed by atoms with Crippen LogP contribution in [0.4, 0.5) is 11.4 Å². The Morgan fingerprint density at radius 3 is 2.48 bits per heavy atom. The van der Waals surface area contributed by atoms with Gasteiger partial charge in [0.25, 0.3) is 5.91 Å². The molecule has 2 N–H and O–H groups in total. The molecule has 0 saturated carbocycles. The highest BCUT2D eigenvalue weighted by Gasteiger charge is 2.20. The zero-order valence-electron chi connectivity index (χ0n) is 12.8. The molecule has 1 aliphatic rings. The Bertz CT molecular complexity index is 808. The number of hydrogen-bond acceptors (Lipinski definition) is 4. The molecule has 23 heavy (non-hydrogen) atoms. The predicted molar refractivity (Wildman–Crippen MR) is 88.8 cm³/mol. The lowest BCUT2D eigenvalue weighted by Crippen LogP contribution is -2.26. The summed E-state index contributed by atoms with van der Waals surface area (Å²) in [6.45, 7) is 1.95. The van der Waals surface area contributed by atoms with Crippen LogP contribution in [0.15, 0.2) is 54.2 Å². The van der Waals surface area contributed by atoms with Crippen LogP contribution in [0, 0.1) is 6.92 Å². The number of carbonyl (C=O) groups excluding carboxylic acids is 2. The van der Waals surface area contributed by atoms with E-state index < -0.39 is 0 Å². The summed E-state index contributed by atoms with van der Waals surface area (Å²) in [6.07, 6.45) is 1.31. The van der Waals surface area contributed by atoms with Crippen LogP contribution < -0.4 is 15.4 Å². The molecule has 0 radical (unpaired) electrons. The predicted octanol–water partition coefficient (Wildman–Crippen LogP) is 3.13. The fourth-order valence-corrected chi connectivity index (χ4v) is 2.33. The zero-order valence-corrected chi connectivity index (χ0v) is 12.8. The molecule has 2 aromatic carbocycles. The summed E-state index contributed by atoms with van der Waals surface area (Å²) in [5.41, 5.74) is 3.24. The fraction of sp³-hybridized carbons (Fsp3) is 0.111. The lowest BCUT2D eigenvalue weighted by Gasteiger charge is -2.21. The quantitative estimate of drug-likeness (QED) is 0.675. The lowest BCUT2D eigenvalue weighted by molar-refractivity contribution is -0.112. The van der Waals surface area contributed by atoms with E-state index in [4.69, 9.17) is 4.74 Å². The number of aryl methyl sites for hydroxylation is 1. The molecule has 1 amide bonds. The normalized spacial score (nSPS) is 14.7. The average molecular weight is 308 g/mol. The van der Waals surface area contributed by atoms with Gasteiger partial charge in [0, 0.05) is 11.6 Å². The van der Waals surface area contributed by atoms with Gasteiger partial charge in [-0.1, -0.05) is 6.07 Å². The van der Waals surface area contributed by atoms with Gasteiger partial charge in [-0.2, -0.15) is 0 Å². The average Bonchev–Trinajstić information content (AvgIpc) is 2.55. The Morgan fingerprint density at radius 1 is 1.04 bits per heavy atom. The maximum Gasteiger partial charge on any atom is 0.272 e. The lowest BCUT2D eigenvalue weighted by atomic mass is 10.1. The van der Waals surface area contributed by atoms with Gasteiger partial charge < -0.3 is 15.4 Å². The summed E-state index contributed by atoms with van der Waals surface area (Å²) >= 11 is 0. The summed E-state index contributed by atoms with van der Waals surface area (Å²) < 4.78 is 5.06. The van der Waals surface area contributed by atoms with E-state index in [9.17, 15) is 9.59 Å². The molecule has 1 aliphatic heterocycles. The Labute approximate surface area is 134 Å². The minimum absolute atomic E-state index is 0.224. The van der Waals surface area contributed by atoms with E-state index in [-0.39, 0.29) is 17.4 Å². The molecule has 0 atom stereocenters. The van der Waals surface area contributed by atoms with Crippen LogP contribution in [0.3, 0.4) is 0 Å². The molecule has 0 aliphatic carbocycles. The number of anilines is 2. The Kier molecular flexibility index (Phi) is 3.85. The van der Waals surface area contributed by atoms with E-state index in [2.05, 4.69) is 10.6 Å². The smallest absolute Gasteiger partial charge is 0.272 e. The van der Waals surface area contributed by atoms with Crippen LogP contribution in [0.1, 0.15) is 15.9 Å². The third-order valence-electron chi connectivity index (χ3n) is 3.59. The van der Waals surface area contributed by atoms with Gasteiger partial charge in [0.2, 0.25) is 0 Å². The molecule has 0 saturated heterocycles. The highest BCUT2D eigenvalue weighted by molar-refractivity contribution is 6.16. The zero-order chi connectivity index (χ0) is 16.4.